The minimum absolute atomic E-state index is 0.175. The lowest BCUT2D eigenvalue weighted by Crippen LogP contribution is -2.39. The van der Waals surface area contributed by atoms with Gasteiger partial charge in [-0.15, -0.1) is 0 Å². The fourth-order valence-corrected chi connectivity index (χ4v) is 3.87. The molecule has 154 valence electrons. The van der Waals surface area contributed by atoms with E-state index in [1.807, 2.05) is 19.2 Å². The molecule has 0 aromatic heterocycles. The van der Waals surface area contributed by atoms with Crippen LogP contribution in [-0.2, 0) is 6.42 Å². The summed E-state index contributed by atoms with van der Waals surface area (Å²) >= 11 is 0. The third-order valence-corrected chi connectivity index (χ3v) is 5.56. The fourth-order valence-electron chi connectivity index (χ4n) is 3.87. The summed E-state index contributed by atoms with van der Waals surface area (Å²) in [7, 11) is 1.81. The van der Waals surface area contributed by atoms with Crippen LogP contribution in [0.25, 0.3) is 0 Å². The van der Waals surface area contributed by atoms with E-state index in [2.05, 4.69) is 57.8 Å². The highest BCUT2D eigenvalue weighted by atomic mass is 16.7. The Morgan fingerprint density at radius 1 is 1.10 bits per heavy atom. The van der Waals surface area contributed by atoms with Gasteiger partial charge in [0.15, 0.2) is 17.5 Å². The molecule has 6 heteroatoms. The fraction of sp³-hybridized carbons (Fsp3) is 0.435. The molecule has 0 amide bonds. The van der Waals surface area contributed by atoms with Crippen molar-refractivity contribution in [2.75, 3.05) is 38.4 Å². The lowest BCUT2D eigenvalue weighted by Gasteiger charge is -2.22. The summed E-state index contributed by atoms with van der Waals surface area (Å²) in [5.41, 5.74) is 3.80. The zero-order valence-electron chi connectivity index (χ0n) is 17.3. The van der Waals surface area contributed by atoms with Crippen LogP contribution < -0.4 is 25.0 Å². The van der Waals surface area contributed by atoms with Crippen molar-refractivity contribution in [1.29, 1.82) is 0 Å². The number of fused-ring (bicyclic) bond motifs is 1. The Morgan fingerprint density at radius 3 is 2.76 bits per heavy atom. The van der Waals surface area contributed by atoms with Crippen molar-refractivity contribution in [3.8, 4) is 11.5 Å². The van der Waals surface area contributed by atoms with Gasteiger partial charge in [0.2, 0.25) is 6.79 Å². The lowest BCUT2D eigenvalue weighted by molar-refractivity contribution is 0.174. The molecule has 4 rings (SSSR count). The number of anilines is 1. The maximum absolute atomic E-state index is 5.45. The van der Waals surface area contributed by atoms with E-state index in [0.717, 1.165) is 43.5 Å². The minimum Gasteiger partial charge on any atom is -0.454 e. The average molecular weight is 395 g/mol. The SMILES string of the molecule is CN=C(NCCc1ccc2c(c1)OCO2)NC(C)c1cccc(N2CCCC2)c1. The number of benzene rings is 2. The topological polar surface area (TPSA) is 58.1 Å². The largest absolute Gasteiger partial charge is 0.454 e. The second-order valence-electron chi connectivity index (χ2n) is 7.59. The number of ether oxygens (including phenoxy) is 2. The molecule has 1 fully saturated rings. The predicted octanol–water partition coefficient (Wildman–Crippen LogP) is 3.48. The van der Waals surface area contributed by atoms with Gasteiger partial charge in [0.05, 0.1) is 6.04 Å². The molecule has 2 aromatic carbocycles. The molecule has 2 aliphatic heterocycles. The van der Waals surface area contributed by atoms with Gasteiger partial charge in [0.1, 0.15) is 0 Å². The molecule has 1 saturated heterocycles. The van der Waals surface area contributed by atoms with E-state index in [-0.39, 0.29) is 6.04 Å². The highest BCUT2D eigenvalue weighted by Crippen LogP contribution is 2.32. The van der Waals surface area contributed by atoms with Crippen LogP contribution in [0.2, 0.25) is 0 Å². The third-order valence-electron chi connectivity index (χ3n) is 5.56. The summed E-state index contributed by atoms with van der Waals surface area (Å²) in [5, 5.41) is 6.92. The van der Waals surface area contributed by atoms with Crippen LogP contribution >= 0.6 is 0 Å². The Balaban J connectivity index is 1.30. The van der Waals surface area contributed by atoms with Crippen molar-refractivity contribution >= 4 is 11.6 Å². The van der Waals surface area contributed by atoms with Gasteiger partial charge in [-0.3, -0.25) is 4.99 Å². The van der Waals surface area contributed by atoms with Crippen LogP contribution in [0.1, 0.15) is 36.9 Å². The standard InChI is InChI=1S/C23H30N4O2/c1-17(19-6-5-7-20(15-19)27-12-3-4-13-27)26-23(24-2)25-11-10-18-8-9-21-22(14-18)29-16-28-21/h5-9,14-15,17H,3-4,10-13,16H2,1-2H3,(H2,24,25,26). The molecule has 29 heavy (non-hydrogen) atoms. The Bertz CT molecular complexity index is 862. The van der Waals surface area contributed by atoms with Crippen LogP contribution in [0.4, 0.5) is 5.69 Å². The van der Waals surface area contributed by atoms with E-state index < -0.39 is 0 Å². The van der Waals surface area contributed by atoms with E-state index in [9.17, 15) is 0 Å². The van der Waals surface area contributed by atoms with Gasteiger partial charge in [-0.2, -0.15) is 0 Å². The van der Waals surface area contributed by atoms with Gasteiger partial charge < -0.3 is 25.0 Å². The van der Waals surface area contributed by atoms with Crippen LogP contribution in [-0.4, -0.2) is 39.4 Å². The molecule has 2 N–H and O–H groups in total. The quantitative estimate of drug-likeness (QED) is 0.580. The van der Waals surface area contributed by atoms with Gasteiger partial charge in [-0.25, -0.2) is 0 Å². The number of guanidine groups is 1. The molecule has 0 saturated carbocycles. The number of nitrogens with one attached hydrogen (secondary N) is 2. The van der Waals surface area contributed by atoms with Crippen LogP contribution in [0.3, 0.4) is 0 Å². The first-order valence-electron chi connectivity index (χ1n) is 10.4. The molecule has 0 aliphatic carbocycles. The molecule has 0 spiro atoms. The molecular weight excluding hydrogens is 364 g/mol. The van der Waals surface area contributed by atoms with Gasteiger partial charge >= 0.3 is 0 Å². The van der Waals surface area contributed by atoms with Gasteiger partial charge in [-0.05, 0) is 61.6 Å². The smallest absolute Gasteiger partial charge is 0.231 e. The zero-order chi connectivity index (χ0) is 20.1. The van der Waals surface area contributed by atoms with Crippen molar-refractivity contribution in [2.45, 2.75) is 32.2 Å². The number of hydrogen-bond donors (Lipinski definition) is 2. The predicted molar refractivity (Wildman–Crippen MR) is 117 cm³/mol. The second kappa shape index (κ2) is 9.07. The van der Waals surface area contributed by atoms with E-state index in [0.29, 0.717) is 6.79 Å². The highest BCUT2D eigenvalue weighted by molar-refractivity contribution is 5.80. The van der Waals surface area contributed by atoms with E-state index in [1.165, 1.54) is 29.7 Å². The summed E-state index contributed by atoms with van der Waals surface area (Å²) in [6, 6.07) is 15.1. The second-order valence-corrected chi connectivity index (χ2v) is 7.59. The maximum Gasteiger partial charge on any atom is 0.231 e. The lowest BCUT2D eigenvalue weighted by atomic mass is 10.1. The van der Waals surface area contributed by atoms with Crippen LogP contribution in [0.5, 0.6) is 11.5 Å². The molecule has 2 aliphatic rings. The van der Waals surface area contributed by atoms with Crippen LogP contribution in [0, 0.1) is 0 Å². The molecule has 1 atom stereocenters. The molecule has 0 bridgehead atoms. The Labute approximate surface area is 172 Å². The molecule has 2 aromatic rings. The van der Waals surface area contributed by atoms with E-state index >= 15 is 0 Å². The highest BCUT2D eigenvalue weighted by Gasteiger charge is 2.15. The molecular formula is C23H30N4O2. The third kappa shape index (κ3) is 4.75. The summed E-state index contributed by atoms with van der Waals surface area (Å²) < 4.78 is 10.8. The number of nitrogens with zero attached hydrogens (tertiary/aromatic N) is 2. The first kappa shape index (κ1) is 19.4. The zero-order valence-corrected chi connectivity index (χ0v) is 17.3. The maximum atomic E-state index is 5.45. The van der Waals surface area contributed by atoms with Crippen molar-refractivity contribution in [3.05, 3.63) is 53.6 Å². The summed E-state index contributed by atoms with van der Waals surface area (Å²) in [6.07, 6.45) is 3.46. The van der Waals surface area contributed by atoms with Crippen molar-refractivity contribution < 1.29 is 9.47 Å². The summed E-state index contributed by atoms with van der Waals surface area (Å²) in [4.78, 5) is 6.85. The van der Waals surface area contributed by atoms with Crippen molar-refractivity contribution in [3.63, 3.8) is 0 Å². The van der Waals surface area contributed by atoms with Gasteiger partial charge in [-0.1, -0.05) is 18.2 Å². The monoisotopic (exact) mass is 394 g/mol. The Kier molecular flexibility index (Phi) is 6.08. The molecule has 1 unspecified atom stereocenters. The minimum atomic E-state index is 0.175. The van der Waals surface area contributed by atoms with Gasteiger partial charge in [0.25, 0.3) is 0 Å². The normalized spacial score (nSPS) is 16.8. The van der Waals surface area contributed by atoms with Crippen LogP contribution in [0.15, 0.2) is 47.5 Å². The molecule has 2 heterocycles. The van der Waals surface area contributed by atoms with Crippen molar-refractivity contribution in [2.24, 2.45) is 4.99 Å². The molecule has 6 nitrogen and oxygen atoms in total. The summed E-state index contributed by atoms with van der Waals surface area (Å²) in [6.45, 7) is 5.60. The van der Waals surface area contributed by atoms with Gasteiger partial charge in [0, 0.05) is 32.4 Å². The Hall–Kier alpha value is -2.89. The van der Waals surface area contributed by atoms with E-state index in [1.54, 1.807) is 0 Å². The number of aliphatic imine (C=N–C) groups is 1. The molecule has 0 radical (unpaired) electrons. The van der Waals surface area contributed by atoms with Crippen molar-refractivity contribution in [1.82, 2.24) is 10.6 Å². The first-order chi connectivity index (χ1) is 14.2. The average Bonchev–Trinajstić information content (AvgIpc) is 3.44. The first-order valence-corrected chi connectivity index (χ1v) is 10.4. The van der Waals surface area contributed by atoms with E-state index in [4.69, 9.17) is 9.47 Å². The Morgan fingerprint density at radius 2 is 1.93 bits per heavy atom. The summed E-state index contributed by atoms with van der Waals surface area (Å²) in [5.74, 6) is 2.46. The number of rotatable bonds is 6. The number of hydrogen-bond acceptors (Lipinski definition) is 4.